The zero-order valence-corrected chi connectivity index (χ0v) is 9.04. The molecular weight excluding hydrogens is 232 g/mol. The van der Waals surface area contributed by atoms with Crippen molar-refractivity contribution in [2.45, 2.75) is 19.8 Å². The van der Waals surface area contributed by atoms with Gasteiger partial charge in [0.1, 0.15) is 0 Å². The molecule has 0 saturated heterocycles. The van der Waals surface area contributed by atoms with Crippen LogP contribution in [-0.4, -0.2) is 23.4 Å². The van der Waals surface area contributed by atoms with Gasteiger partial charge >= 0.3 is 5.97 Å². The van der Waals surface area contributed by atoms with Gasteiger partial charge in [-0.2, -0.15) is 0 Å². The van der Waals surface area contributed by atoms with E-state index in [0.717, 1.165) is 0 Å². The second-order valence-corrected chi connectivity index (χ2v) is 3.46. The number of carbonyl (C=O) groups is 2. The van der Waals surface area contributed by atoms with Gasteiger partial charge in [0.05, 0.1) is 11.3 Å². The second-order valence-electron chi connectivity index (χ2n) is 3.46. The first-order valence-electron chi connectivity index (χ1n) is 4.82. The number of carboxylic acids is 1. The van der Waals surface area contributed by atoms with E-state index in [9.17, 15) is 18.4 Å². The Balaban J connectivity index is 3.09. The van der Waals surface area contributed by atoms with Crippen LogP contribution in [0.2, 0.25) is 0 Å². The average Bonchev–Trinajstić information content (AvgIpc) is 2.15. The van der Waals surface area contributed by atoms with Gasteiger partial charge in [-0.05, 0) is 17.7 Å². The summed E-state index contributed by atoms with van der Waals surface area (Å²) >= 11 is 0. The third-order valence-corrected chi connectivity index (χ3v) is 2.02. The minimum atomic E-state index is -2.52. The van der Waals surface area contributed by atoms with Crippen molar-refractivity contribution < 1.29 is 23.5 Å². The minimum Gasteiger partial charge on any atom is -0.478 e. The first-order valence-corrected chi connectivity index (χ1v) is 4.82. The SMILES string of the molecule is CC(=O)Nc1cc(CC(F)F)ccc1C(=O)O. The molecule has 0 spiro atoms. The molecule has 1 aromatic carbocycles. The number of anilines is 1. The molecule has 0 atom stereocenters. The molecule has 0 aromatic heterocycles. The number of halogens is 2. The van der Waals surface area contributed by atoms with Crippen LogP contribution >= 0.6 is 0 Å². The van der Waals surface area contributed by atoms with Crippen molar-refractivity contribution in [2.24, 2.45) is 0 Å². The lowest BCUT2D eigenvalue weighted by molar-refractivity contribution is -0.114. The third-order valence-electron chi connectivity index (χ3n) is 2.02. The van der Waals surface area contributed by atoms with Crippen LogP contribution in [0.15, 0.2) is 18.2 Å². The number of hydrogen-bond acceptors (Lipinski definition) is 2. The van der Waals surface area contributed by atoms with Crippen LogP contribution in [0.4, 0.5) is 14.5 Å². The summed E-state index contributed by atoms with van der Waals surface area (Å²) in [7, 11) is 0. The Bertz CT molecular complexity index is 446. The van der Waals surface area contributed by atoms with Crippen LogP contribution in [0, 0.1) is 0 Å². The quantitative estimate of drug-likeness (QED) is 0.851. The van der Waals surface area contributed by atoms with E-state index in [1.807, 2.05) is 0 Å². The van der Waals surface area contributed by atoms with Gasteiger partial charge in [-0.15, -0.1) is 0 Å². The summed E-state index contributed by atoms with van der Waals surface area (Å²) in [4.78, 5) is 21.7. The molecular formula is C11H11F2NO3. The molecule has 0 radical (unpaired) electrons. The van der Waals surface area contributed by atoms with E-state index < -0.39 is 24.7 Å². The van der Waals surface area contributed by atoms with Gasteiger partial charge in [0.15, 0.2) is 0 Å². The van der Waals surface area contributed by atoms with Gasteiger partial charge in [-0.1, -0.05) is 6.07 Å². The fourth-order valence-corrected chi connectivity index (χ4v) is 1.38. The van der Waals surface area contributed by atoms with E-state index >= 15 is 0 Å². The monoisotopic (exact) mass is 243 g/mol. The molecule has 0 aliphatic carbocycles. The number of alkyl halides is 2. The molecule has 1 aromatic rings. The third kappa shape index (κ3) is 3.82. The highest BCUT2D eigenvalue weighted by molar-refractivity contribution is 5.99. The zero-order chi connectivity index (χ0) is 13.0. The van der Waals surface area contributed by atoms with Crippen LogP contribution < -0.4 is 5.32 Å². The summed E-state index contributed by atoms with van der Waals surface area (Å²) in [6, 6.07) is 3.75. The Kier molecular flexibility index (Phi) is 4.14. The predicted octanol–water partition coefficient (Wildman–Crippen LogP) is 2.15. The van der Waals surface area contributed by atoms with Crippen LogP contribution in [-0.2, 0) is 11.2 Å². The minimum absolute atomic E-state index is 0.0307. The predicted molar refractivity (Wildman–Crippen MR) is 57.4 cm³/mol. The first kappa shape index (κ1) is 13.1. The molecule has 0 bridgehead atoms. The highest BCUT2D eigenvalue weighted by Crippen LogP contribution is 2.19. The summed E-state index contributed by atoms with van der Waals surface area (Å²) < 4.78 is 24.3. The molecule has 0 saturated carbocycles. The molecule has 92 valence electrons. The van der Waals surface area contributed by atoms with E-state index in [4.69, 9.17) is 5.11 Å². The lowest BCUT2D eigenvalue weighted by Crippen LogP contribution is -2.11. The fraction of sp³-hybridized carbons (Fsp3) is 0.273. The molecule has 0 fully saturated rings. The summed E-state index contributed by atoms with van der Waals surface area (Å²) in [6.07, 6.45) is -3.00. The van der Waals surface area contributed by atoms with Crippen LogP contribution in [0.5, 0.6) is 0 Å². The maximum atomic E-state index is 12.2. The summed E-state index contributed by atoms with van der Waals surface area (Å²) in [5, 5.41) is 11.2. The first-order chi connectivity index (χ1) is 7.90. The molecule has 6 heteroatoms. The van der Waals surface area contributed by atoms with E-state index in [-0.39, 0.29) is 16.8 Å². The summed E-state index contributed by atoms with van der Waals surface area (Å²) in [6.45, 7) is 1.21. The fourth-order valence-electron chi connectivity index (χ4n) is 1.38. The highest BCUT2D eigenvalue weighted by Gasteiger charge is 2.13. The summed E-state index contributed by atoms with van der Waals surface area (Å²) in [5.41, 5.74) is 0.176. The highest BCUT2D eigenvalue weighted by atomic mass is 19.3. The van der Waals surface area contributed by atoms with Crippen molar-refractivity contribution in [3.63, 3.8) is 0 Å². The number of benzene rings is 1. The largest absolute Gasteiger partial charge is 0.478 e. The Morgan fingerprint density at radius 3 is 2.53 bits per heavy atom. The maximum absolute atomic E-state index is 12.2. The molecule has 0 aliphatic rings. The Labute approximate surface area is 96.3 Å². The van der Waals surface area contributed by atoms with Crippen molar-refractivity contribution in [1.29, 1.82) is 0 Å². The van der Waals surface area contributed by atoms with Crippen LogP contribution in [0.1, 0.15) is 22.8 Å². The molecule has 17 heavy (non-hydrogen) atoms. The van der Waals surface area contributed by atoms with Gasteiger partial charge in [0.2, 0.25) is 12.3 Å². The van der Waals surface area contributed by atoms with Crippen molar-refractivity contribution in [2.75, 3.05) is 5.32 Å². The second kappa shape index (κ2) is 5.38. The van der Waals surface area contributed by atoms with Crippen molar-refractivity contribution in [3.05, 3.63) is 29.3 Å². The Morgan fingerprint density at radius 2 is 2.06 bits per heavy atom. The van der Waals surface area contributed by atoms with Gasteiger partial charge in [-0.25, -0.2) is 13.6 Å². The Morgan fingerprint density at radius 1 is 1.41 bits per heavy atom. The lowest BCUT2D eigenvalue weighted by atomic mass is 10.1. The number of amides is 1. The van der Waals surface area contributed by atoms with Gasteiger partial charge < -0.3 is 10.4 Å². The molecule has 0 unspecified atom stereocenters. The molecule has 4 nitrogen and oxygen atoms in total. The lowest BCUT2D eigenvalue weighted by Gasteiger charge is -2.09. The number of carboxylic acid groups (broad SMARTS) is 1. The molecule has 0 aliphatic heterocycles. The van der Waals surface area contributed by atoms with Crippen molar-refractivity contribution >= 4 is 17.6 Å². The number of carbonyl (C=O) groups excluding carboxylic acids is 1. The zero-order valence-electron chi connectivity index (χ0n) is 9.04. The topological polar surface area (TPSA) is 66.4 Å². The molecule has 2 N–H and O–H groups in total. The van der Waals surface area contributed by atoms with Gasteiger partial charge in [-0.3, -0.25) is 4.79 Å². The van der Waals surface area contributed by atoms with E-state index in [0.29, 0.717) is 0 Å². The normalized spacial score (nSPS) is 10.4. The summed E-state index contributed by atoms with van der Waals surface area (Å²) in [5.74, 6) is -1.68. The maximum Gasteiger partial charge on any atom is 0.337 e. The Hall–Kier alpha value is -1.98. The van der Waals surface area contributed by atoms with E-state index in [1.165, 1.54) is 25.1 Å². The average molecular weight is 243 g/mol. The van der Waals surface area contributed by atoms with Gasteiger partial charge in [0, 0.05) is 13.3 Å². The number of hydrogen-bond donors (Lipinski definition) is 2. The number of aromatic carboxylic acids is 1. The van der Waals surface area contributed by atoms with Crippen molar-refractivity contribution in [1.82, 2.24) is 0 Å². The van der Waals surface area contributed by atoms with Crippen LogP contribution in [0.25, 0.3) is 0 Å². The van der Waals surface area contributed by atoms with E-state index in [1.54, 1.807) is 0 Å². The molecule has 1 amide bonds. The van der Waals surface area contributed by atoms with E-state index in [2.05, 4.69) is 5.32 Å². The van der Waals surface area contributed by atoms with Crippen molar-refractivity contribution in [3.8, 4) is 0 Å². The molecule has 1 rings (SSSR count). The number of nitrogens with one attached hydrogen (secondary N) is 1. The molecule has 0 heterocycles. The van der Waals surface area contributed by atoms with Crippen LogP contribution in [0.3, 0.4) is 0 Å². The van der Waals surface area contributed by atoms with Gasteiger partial charge in [0.25, 0.3) is 0 Å². The smallest absolute Gasteiger partial charge is 0.337 e. The standard InChI is InChI=1S/C11H11F2NO3/c1-6(15)14-9-4-7(5-10(12)13)2-3-8(9)11(16)17/h2-4,10H,5H2,1H3,(H,14,15)(H,16,17). The number of rotatable bonds is 4.